The number of hydrogen-bond acceptors (Lipinski definition) is 1. The zero-order valence-corrected chi connectivity index (χ0v) is 13.1. The van der Waals surface area contributed by atoms with Gasteiger partial charge in [0.25, 0.3) is 0 Å². The molecule has 1 aromatic heterocycles. The van der Waals surface area contributed by atoms with E-state index >= 15 is 0 Å². The largest absolute Gasteiger partial charge is 0.144 e. The maximum absolute atomic E-state index is 6.64. The quantitative estimate of drug-likeness (QED) is 0.666. The molecule has 1 aliphatic rings. The maximum Gasteiger partial charge on any atom is 0.0719 e. The van der Waals surface area contributed by atoms with Crippen LogP contribution in [0.3, 0.4) is 0 Å². The van der Waals surface area contributed by atoms with Gasteiger partial charge in [-0.1, -0.05) is 23.8 Å². The standard InChI is InChI=1S/C17H19ClS/c1-11-6-7-12(2)14(8-11)9-15(18)17-10-13-4-3-5-16(13)19-17/h6-8,10,15H,3-5,9H2,1-2H3. The zero-order chi connectivity index (χ0) is 13.4. The molecule has 1 unspecified atom stereocenters. The third-order valence-electron chi connectivity index (χ3n) is 3.98. The normalized spacial score (nSPS) is 15.5. The molecule has 1 atom stereocenters. The van der Waals surface area contributed by atoms with Gasteiger partial charge in [-0.15, -0.1) is 22.9 Å². The summed E-state index contributed by atoms with van der Waals surface area (Å²) >= 11 is 8.57. The van der Waals surface area contributed by atoms with Crippen molar-refractivity contribution in [3.63, 3.8) is 0 Å². The van der Waals surface area contributed by atoms with Gasteiger partial charge in [0.2, 0.25) is 0 Å². The van der Waals surface area contributed by atoms with Gasteiger partial charge in [-0.05, 0) is 62.3 Å². The summed E-state index contributed by atoms with van der Waals surface area (Å²) in [5, 5.41) is 0.121. The number of halogens is 1. The molecule has 0 nitrogen and oxygen atoms in total. The Hall–Kier alpha value is -0.790. The lowest BCUT2D eigenvalue weighted by Crippen LogP contribution is -1.97. The molecule has 0 spiro atoms. The maximum atomic E-state index is 6.64. The Labute approximate surface area is 124 Å². The second-order valence-corrected chi connectivity index (χ2v) is 7.25. The van der Waals surface area contributed by atoms with Gasteiger partial charge in [-0.25, -0.2) is 0 Å². The van der Waals surface area contributed by atoms with Crippen molar-refractivity contribution in [1.29, 1.82) is 0 Å². The molecule has 1 heterocycles. The summed E-state index contributed by atoms with van der Waals surface area (Å²) in [6.45, 7) is 4.32. The minimum absolute atomic E-state index is 0.121. The number of rotatable bonds is 3. The lowest BCUT2D eigenvalue weighted by molar-refractivity contribution is 0.902. The molecule has 2 aromatic rings. The van der Waals surface area contributed by atoms with Crippen molar-refractivity contribution in [2.24, 2.45) is 0 Å². The summed E-state index contributed by atoms with van der Waals surface area (Å²) in [4.78, 5) is 2.92. The molecule has 0 aliphatic heterocycles. The summed E-state index contributed by atoms with van der Waals surface area (Å²) in [5.74, 6) is 0. The molecule has 0 N–H and O–H groups in total. The highest BCUT2D eigenvalue weighted by molar-refractivity contribution is 7.12. The Morgan fingerprint density at radius 3 is 2.84 bits per heavy atom. The first-order chi connectivity index (χ1) is 9.13. The first-order valence-corrected chi connectivity index (χ1v) is 8.20. The average Bonchev–Trinajstić information content (AvgIpc) is 2.94. The van der Waals surface area contributed by atoms with Crippen LogP contribution in [0.1, 0.15) is 43.8 Å². The van der Waals surface area contributed by atoms with E-state index in [0.717, 1.165) is 6.42 Å². The molecule has 100 valence electrons. The second kappa shape index (κ2) is 5.30. The molecule has 0 fully saturated rings. The topological polar surface area (TPSA) is 0 Å². The lowest BCUT2D eigenvalue weighted by atomic mass is 10.0. The van der Waals surface area contributed by atoms with Gasteiger partial charge in [0.15, 0.2) is 0 Å². The summed E-state index contributed by atoms with van der Waals surface area (Å²) in [6.07, 6.45) is 4.77. The highest BCUT2D eigenvalue weighted by Crippen LogP contribution is 2.37. The molecule has 2 heteroatoms. The van der Waals surface area contributed by atoms with Crippen LogP contribution in [0.5, 0.6) is 0 Å². The molecular formula is C17H19ClS. The molecule has 19 heavy (non-hydrogen) atoms. The minimum atomic E-state index is 0.121. The molecule has 0 saturated heterocycles. The summed E-state index contributed by atoms with van der Waals surface area (Å²) in [5.41, 5.74) is 5.60. The molecule has 0 bridgehead atoms. The fourth-order valence-corrected chi connectivity index (χ4v) is 4.42. The molecular weight excluding hydrogens is 272 g/mol. The number of aryl methyl sites for hydroxylation is 4. The summed E-state index contributed by atoms with van der Waals surface area (Å²) in [7, 11) is 0. The average molecular weight is 291 g/mol. The summed E-state index contributed by atoms with van der Waals surface area (Å²) < 4.78 is 0. The number of hydrogen-bond donors (Lipinski definition) is 0. The van der Waals surface area contributed by atoms with Crippen molar-refractivity contribution in [3.05, 3.63) is 56.3 Å². The molecule has 0 radical (unpaired) electrons. The van der Waals surface area contributed by atoms with Crippen LogP contribution in [0.4, 0.5) is 0 Å². The predicted octanol–water partition coefficient (Wildman–Crippen LogP) is 5.38. The second-order valence-electron chi connectivity index (χ2n) is 5.55. The monoisotopic (exact) mass is 290 g/mol. The highest BCUT2D eigenvalue weighted by atomic mass is 35.5. The van der Waals surface area contributed by atoms with E-state index in [1.54, 1.807) is 10.4 Å². The highest BCUT2D eigenvalue weighted by Gasteiger charge is 2.19. The van der Waals surface area contributed by atoms with Crippen LogP contribution in [0.15, 0.2) is 24.3 Å². The van der Waals surface area contributed by atoms with Crippen molar-refractivity contribution >= 4 is 22.9 Å². The van der Waals surface area contributed by atoms with Gasteiger partial charge >= 0.3 is 0 Å². The Morgan fingerprint density at radius 1 is 1.21 bits per heavy atom. The van der Waals surface area contributed by atoms with Crippen molar-refractivity contribution in [1.82, 2.24) is 0 Å². The van der Waals surface area contributed by atoms with Crippen LogP contribution in [0, 0.1) is 13.8 Å². The molecule has 1 aliphatic carbocycles. The van der Waals surface area contributed by atoms with Gasteiger partial charge in [0.05, 0.1) is 5.38 Å². The van der Waals surface area contributed by atoms with Crippen molar-refractivity contribution in [2.75, 3.05) is 0 Å². The minimum Gasteiger partial charge on any atom is -0.144 e. The zero-order valence-electron chi connectivity index (χ0n) is 11.5. The molecule has 0 amide bonds. The van der Waals surface area contributed by atoms with E-state index < -0.39 is 0 Å². The summed E-state index contributed by atoms with van der Waals surface area (Å²) in [6, 6.07) is 8.98. The van der Waals surface area contributed by atoms with E-state index in [9.17, 15) is 0 Å². The smallest absolute Gasteiger partial charge is 0.0719 e. The van der Waals surface area contributed by atoms with Crippen molar-refractivity contribution in [2.45, 2.75) is 44.9 Å². The lowest BCUT2D eigenvalue weighted by Gasteiger charge is -2.11. The van der Waals surface area contributed by atoms with E-state index in [-0.39, 0.29) is 5.38 Å². The predicted molar refractivity (Wildman–Crippen MR) is 84.6 cm³/mol. The third-order valence-corrected chi connectivity index (χ3v) is 5.85. The van der Waals surface area contributed by atoms with Crippen LogP contribution >= 0.6 is 22.9 Å². The van der Waals surface area contributed by atoms with E-state index in [0.29, 0.717) is 0 Å². The van der Waals surface area contributed by atoms with Gasteiger partial charge in [0.1, 0.15) is 0 Å². The Balaban J connectivity index is 1.80. The SMILES string of the molecule is Cc1ccc(C)c(CC(Cl)c2cc3c(s2)CCC3)c1. The Morgan fingerprint density at radius 2 is 2.05 bits per heavy atom. The van der Waals surface area contributed by atoms with Gasteiger partial charge in [-0.3, -0.25) is 0 Å². The van der Waals surface area contributed by atoms with Crippen LogP contribution in [0.25, 0.3) is 0 Å². The number of benzene rings is 1. The van der Waals surface area contributed by atoms with E-state index in [2.05, 4.69) is 38.1 Å². The van der Waals surface area contributed by atoms with Crippen LogP contribution < -0.4 is 0 Å². The van der Waals surface area contributed by atoms with Crippen molar-refractivity contribution < 1.29 is 0 Å². The van der Waals surface area contributed by atoms with E-state index in [1.807, 2.05) is 11.3 Å². The fourth-order valence-electron chi connectivity index (χ4n) is 2.82. The first-order valence-electron chi connectivity index (χ1n) is 6.95. The van der Waals surface area contributed by atoms with Crippen molar-refractivity contribution in [3.8, 4) is 0 Å². The first kappa shape index (κ1) is 13.2. The van der Waals surface area contributed by atoms with Gasteiger partial charge in [0, 0.05) is 9.75 Å². The Kier molecular flexibility index (Phi) is 3.68. The number of alkyl halides is 1. The van der Waals surface area contributed by atoms with E-state index in [4.69, 9.17) is 11.6 Å². The van der Waals surface area contributed by atoms with Gasteiger partial charge < -0.3 is 0 Å². The Bertz CT molecular complexity index is 576. The fraction of sp³-hybridized carbons (Fsp3) is 0.412. The number of fused-ring (bicyclic) bond motifs is 1. The third kappa shape index (κ3) is 2.73. The van der Waals surface area contributed by atoms with E-state index in [1.165, 1.54) is 40.8 Å². The van der Waals surface area contributed by atoms with Crippen LogP contribution in [0.2, 0.25) is 0 Å². The molecule has 3 rings (SSSR count). The van der Waals surface area contributed by atoms with Crippen LogP contribution in [-0.2, 0) is 19.3 Å². The number of thiophene rings is 1. The molecule has 1 aromatic carbocycles. The van der Waals surface area contributed by atoms with Crippen LogP contribution in [-0.4, -0.2) is 0 Å². The molecule has 0 saturated carbocycles. The van der Waals surface area contributed by atoms with Gasteiger partial charge in [-0.2, -0.15) is 0 Å².